The predicted octanol–water partition coefficient (Wildman–Crippen LogP) is 1.80. The van der Waals surface area contributed by atoms with E-state index in [1.807, 2.05) is 0 Å². The van der Waals surface area contributed by atoms with Gasteiger partial charge in [0, 0.05) is 13.1 Å². The van der Waals surface area contributed by atoms with Gasteiger partial charge >= 0.3 is 12.1 Å². The van der Waals surface area contributed by atoms with Gasteiger partial charge in [0.15, 0.2) is 0 Å². The number of hydrogen-bond acceptors (Lipinski definition) is 5. The van der Waals surface area contributed by atoms with E-state index in [1.54, 1.807) is 13.8 Å². The smallest absolute Gasteiger partial charge is 0.394 e. The second kappa shape index (κ2) is 5.62. The van der Waals surface area contributed by atoms with Gasteiger partial charge in [-0.3, -0.25) is 4.79 Å². The SMILES string of the molecule is COc1nc(C)nc(N2C[C@@H](C(F)(F)F)[C@H](C(=O)O)C2)c1C. The van der Waals surface area contributed by atoms with Crippen molar-refractivity contribution >= 4 is 11.8 Å². The molecular weight excluding hydrogens is 303 g/mol. The van der Waals surface area contributed by atoms with Gasteiger partial charge in [-0.1, -0.05) is 0 Å². The lowest BCUT2D eigenvalue weighted by Gasteiger charge is -2.21. The molecule has 1 aliphatic heterocycles. The summed E-state index contributed by atoms with van der Waals surface area (Å²) < 4.78 is 44.2. The molecule has 1 N–H and O–H groups in total. The summed E-state index contributed by atoms with van der Waals surface area (Å²) in [6.45, 7) is 2.53. The third-order valence-corrected chi connectivity index (χ3v) is 3.74. The van der Waals surface area contributed by atoms with Gasteiger partial charge in [-0.25, -0.2) is 4.98 Å². The molecule has 0 aliphatic carbocycles. The van der Waals surface area contributed by atoms with E-state index in [-0.39, 0.29) is 18.2 Å². The summed E-state index contributed by atoms with van der Waals surface area (Å²) in [5.74, 6) is -4.00. The van der Waals surface area contributed by atoms with Crippen LogP contribution in [-0.4, -0.2) is 47.4 Å². The number of hydrogen-bond donors (Lipinski definition) is 1. The molecule has 2 heterocycles. The highest BCUT2D eigenvalue weighted by Gasteiger charge is 2.53. The topological polar surface area (TPSA) is 75.6 Å². The quantitative estimate of drug-likeness (QED) is 0.915. The minimum absolute atomic E-state index is 0.250. The lowest BCUT2D eigenvalue weighted by molar-refractivity contribution is -0.187. The van der Waals surface area contributed by atoms with E-state index < -0.39 is 30.5 Å². The van der Waals surface area contributed by atoms with Crippen LogP contribution in [0.4, 0.5) is 19.0 Å². The number of nitrogens with zero attached hydrogens (tertiary/aromatic N) is 3. The Morgan fingerprint density at radius 2 is 1.95 bits per heavy atom. The second-order valence-electron chi connectivity index (χ2n) is 5.23. The van der Waals surface area contributed by atoms with Crippen LogP contribution in [0.3, 0.4) is 0 Å². The summed E-state index contributed by atoms with van der Waals surface area (Å²) in [5.41, 5.74) is 0.486. The van der Waals surface area contributed by atoms with Crippen LogP contribution < -0.4 is 9.64 Å². The number of aliphatic carboxylic acids is 1. The molecule has 0 radical (unpaired) electrons. The summed E-state index contributed by atoms with van der Waals surface area (Å²) in [6.07, 6.45) is -4.57. The Bertz CT molecular complexity index is 592. The zero-order valence-electron chi connectivity index (χ0n) is 12.3. The molecule has 0 unspecified atom stereocenters. The zero-order chi connectivity index (χ0) is 16.7. The summed E-state index contributed by atoms with van der Waals surface area (Å²) in [4.78, 5) is 20.7. The first-order valence-corrected chi connectivity index (χ1v) is 6.58. The van der Waals surface area contributed by atoms with Crippen molar-refractivity contribution in [3.05, 3.63) is 11.4 Å². The molecule has 0 bridgehead atoms. The van der Waals surface area contributed by atoms with Gasteiger partial charge in [-0.05, 0) is 13.8 Å². The Hall–Kier alpha value is -2.06. The molecule has 2 atom stereocenters. The van der Waals surface area contributed by atoms with Crippen LogP contribution in [0, 0.1) is 25.7 Å². The Balaban J connectivity index is 2.39. The maximum atomic E-state index is 13.0. The van der Waals surface area contributed by atoms with Gasteiger partial charge in [0.2, 0.25) is 5.88 Å². The molecule has 1 aromatic rings. The van der Waals surface area contributed by atoms with Crippen molar-refractivity contribution in [3.63, 3.8) is 0 Å². The second-order valence-corrected chi connectivity index (χ2v) is 5.23. The number of ether oxygens (including phenoxy) is 1. The molecule has 1 aromatic heterocycles. The molecule has 22 heavy (non-hydrogen) atoms. The number of rotatable bonds is 3. The molecule has 122 valence electrons. The molecule has 0 amide bonds. The maximum absolute atomic E-state index is 13.0. The highest BCUT2D eigenvalue weighted by Crippen LogP contribution is 2.40. The Morgan fingerprint density at radius 3 is 2.41 bits per heavy atom. The van der Waals surface area contributed by atoms with Crippen molar-refractivity contribution in [2.24, 2.45) is 11.8 Å². The number of aromatic nitrogens is 2. The normalized spacial score (nSPS) is 22.0. The van der Waals surface area contributed by atoms with Crippen molar-refractivity contribution < 1.29 is 27.8 Å². The number of aryl methyl sites for hydroxylation is 1. The van der Waals surface area contributed by atoms with Gasteiger partial charge in [-0.2, -0.15) is 18.2 Å². The van der Waals surface area contributed by atoms with Crippen LogP contribution in [0.1, 0.15) is 11.4 Å². The number of carboxylic acids is 1. The average molecular weight is 319 g/mol. The Kier molecular flexibility index (Phi) is 4.17. The largest absolute Gasteiger partial charge is 0.481 e. The molecule has 2 rings (SSSR count). The minimum atomic E-state index is -4.57. The molecule has 1 aliphatic rings. The van der Waals surface area contributed by atoms with Gasteiger partial charge in [0.25, 0.3) is 0 Å². The Morgan fingerprint density at radius 1 is 1.32 bits per heavy atom. The van der Waals surface area contributed by atoms with Crippen molar-refractivity contribution in [2.45, 2.75) is 20.0 Å². The standard InChI is InChI=1S/C13H16F3N3O3/c1-6-10(17-7(2)18-11(6)22-3)19-4-8(12(20)21)9(5-19)13(14,15)16/h8-9H,4-5H2,1-3H3,(H,20,21)/t8-,9-/m1/s1. The number of alkyl halides is 3. The lowest BCUT2D eigenvalue weighted by atomic mass is 9.96. The highest BCUT2D eigenvalue weighted by molar-refractivity contribution is 5.73. The van der Waals surface area contributed by atoms with Gasteiger partial charge in [0.1, 0.15) is 11.6 Å². The van der Waals surface area contributed by atoms with Gasteiger partial charge in [0.05, 0.1) is 24.5 Å². The number of carboxylic acid groups (broad SMARTS) is 1. The van der Waals surface area contributed by atoms with Crippen molar-refractivity contribution in [2.75, 3.05) is 25.1 Å². The first kappa shape index (κ1) is 16.3. The fraction of sp³-hybridized carbons (Fsp3) is 0.615. The first-order chi connectivity index (χ1) is 10.1. The van der Waals surface area contributed by atoms with Crippen LogP contribution in [-0.2, 0) is 4.79 Å². The molecule has 1 fully saturated rings. The molecule has 0 saturated carbocycles. The molecule has 0 aromatic carbocycles. The maximum Gasteiger partial charge on any atom is 0.394 e. The van der Waals surface area contributed by atoms with E-state index in [9.17, 15) is 18.0 Å². The third kappa shape index (κ3) is 2.93. The number of halogens is 3. The molecule has 6 nitrogen and oxygen atoms in total. The van der Waals surface area contributed by atoms with E-state index in [2.05, 4.69) is 9.97 Å². The van der Waals surface area contributed by atoms with Crippen LogP contribution in [0.5, 0.6) is 5.88 Å². The van der Waals surface area contributed by atoms with Gasteiger partial charge < -0.3 is 14.7 Å². The summed E-state index contributed by atoms with van der Waals surface area (Å²) in [5, 5.41) is 9.05. The Labute approximate surface area is 124 Å². The average Bonchev–Trinajstić information content (AvgIpc) is 2.86. The van der Waals surface area contributed by atoms with E-state index in [0.29, 0.717) is 11.4 Å². The molecule has 1 saturated heterocycles. The lowest BCUT2D eigenvalue weighted by Crippen LogP contribution is -2.33. The molecule has 9 heteroatoms. The van der Waals surface area contributed by atoms with Crippen LogP contribution >= 0.6 is 0 Å². The van der Waals surface area contributed by atoms with E-state index in [0.717, 1.165) is 0 Å². The van der Waals surface area contributed by atoms with E-state index >= 15 is 0 Å². The zero-order valence-corrected chi connectivity index (χ0v) is 12.3. The first-order valence-electron chi connectivity index (χ1n) is 6.58. The minimum Gasteiger partial charge on any atom is -0.481 e. The predicted molar refractivity (Wildman–Crippen MR) is 70.9 cm³/mol. The number of carbonyl (C=O) groups is 1. The monoisotopic (exact) mass is 319 g/mol. The fourth-order valence-corrected chi connectivity index (χ4v) is 2.65. The van der Waals surface area contributed by atoms with Crippen molar-refractivity contribution in [3.8, 4) is 5.88 Å². The van der Waals surface area contributed by atoms with Gasteiger partial charge in [-0.15, -0.1) is 0 Å². The summed E-state index contributed by atoms with van der Waals surface area (Å²) >= 11 is 0. The van der Waals surface area contributed by atoms with Crippen LogP contribution in [0.25, 0.3) is 0 Å². The molecular formula is C13H16F3N3O3. The van der Waals surface area contributed by atoms with Crippen LogP contribution in [0.2, 0.25) is 0 Å². The summed E-state index contributed by atoms with van der Waals surface area (Å²) in [7, 11) is 1.40. The van der Waals surface area contributed by atoms with Crippen LogP contribution in [0.15, 0.2) is 0 Å². The third-order valence-electron chi connectivity index (χ3n) is 3.74. The number of anilines is 1. The fourth-order valence-electron chi connectivity index (χ4n) is 2.65. The van der Waals surface area contributed by atoms with E-state index in [4.69, 9.17) is 9.84 Å². The molecule has 0 spiro atoms. The number of methoxy groups -OCH3 is 1. The van der Waals surface area contributed by atoms with Crippen molar-refractivity contribution in [1.82, 2.24) is 9.97 Å². The van der Waals surface area contributed by atoms with Crippen molar-refractivity contribution in [1.29, 1.82) is 0 Å². The highest BCUT2D eigenvalue weighted by atomic mass is 19.4. The summed E-state index contributed by atoms with van der Waals surface area (Å²) in [6, 6.07) is 0. The van der Waals surface area contributed by atoms with E-state index in [1.165, 1.54) is 12.0 Å².